The Kier molecular flexibility index (Phi) is 2.96. The fourth-order valence-electron chi connectivity index (χ4n) is 3.60. The summed E-state index contributed by atoms with van der Waals surface area (Å²) >= 11 is 0. The Morgan fingerprint density at radius 1 is 1.05 bits per heavy atom. The van der Waals surface area contributed by atoms with E-state index < -0.39 is 0 Å². The second kappa shape index (κ2) is 4.95. The van der Waals surface area contributed by atoms with E-state index in [-0.39, 0.29) is 0 Å². The van der Waals surface area contributed by atoms with Gasteiger partial charge in [-0.05, 0) is 42.5 Å². The summed E-state index contributed by atoms with van der Waals surface area (Å²) in [5, 5.41) is 0. The van der Waals surface area contributed by atoms with E-state index in [1.54, 1.807) is 6.26 Å². The van der Waals surface area contributed by atoms with Crippen molar-refractivity contribution in [1.82, 2.24) is 4.90 Å². The Bertz CT molecular complexity index is 600. The number of benzene rings is 1. The van der Waals surface area contributed by atoms with Gasteiger partial charge in [-0.2, -0.15) is 0 Å². The number of rotatable bonds is 3. The highest BCUT2D eigenvalue weighted by Crippen LogP contribution is 2.39. The lowest BCUT2D eigenvalue weighted by atomic mass is 9.98. The van der Waals surface area contributed by atoms with Crippen LogP contribution >= 0.6 is 0 Å². The van der Waals surface area contributed by atoms with Crippen LogP contribution in [-0.4, -0.2) is 17.0 Å². The third-order valence-corrected chi connectivity index (χ3v) is 4.59. The summed E-state index contributed by atoms with van der Waals surface area (Å²) in [6, 6.07) is 16.1. The quantitative estimate of drug-likeness (QED) is 0.830. The van der Waals surface area contributed by atoms with E-state index in [9.17, 15) is 0 Å². The lowest BCUT2D eigenvalue weighted by Gasteiger charge is -2.33. The SMILES string of the molecule is C1=C(c2ccco2)CC2CCC1N2Cc1ccccc1. The molecule has 102 valence electrons. The third-order valence-electron chi connectivity index (χ3n) is 4.59. The number of hydrogen-bond donors (Lipinski definition) is 0. The van der Waals surface area contributed by atoms with Crippen molar-refractivity contribution in [3.05, 3.63) is 66.1 Å². The minimum Gasteiger partial charge on any atom is -0.465 e. The van der Waals surface area contributed by atoms with Gasteiger partial charge in [0.2, 0.25) is 0 Å². The molecule has 0 radical (unpaired) electrons. The summed E-state index contributed by atoms with van der Waals surface area (Å²) in [5.74, 6) is 1.06. The molecule has 2 aromatic rings. The molecule has 2 aliphatic heterocycles. The lowest BCUT2D eigenvalue weighted by Crippen LogP contribution is -2.37. The van der Waals surface area contributed by atoms with Gasteiger partial charge in [0.05, 0.1) is 6.26 Å². The zero-order valence-corrected chi connectivity index (χ0v) is 11.5. The van der Waals surface area contributed by atoms with Crippen LogP contribution in [0.15, 0.2) is 59.2 Å². The largest absolute Gasteiger partial charge is 0.465 e. The molecular weight excluding hydrogens is 246 g/mol. The van der Waals surface area contributed by atoms with Crippen LogP contribution < -0.4 is 0 Å². The van der Waals surface area contributed by atoms with Crippen molar-refractivity contribution >= 4 is 5.57 Å². The Hall–Kier alpha value is -1.80. The van der Waals surface area contributed by atoms with E-state index in [1.807, 2.05) is 6.07 Å². The Morgan fingerprint density at radius 2 is 1.95 bits per heavy atom. The molecule has 1 saturated heterocycles. The zero-order chi connectivity index (χ0) is 13.4. The monoisotopic (exact) mass is 265 g/mol. The standard InChI is InChI=1S/C18H19NO/c1-2-5-14(6-3-1)13-19-16-8-9-17(19)12-15(11-16)18-7-4-10-20-18/h1-7,10-11,16-17H,8-9,12-13H2. The summed E-state index contributed by atoms with van der Waals surface area (Å²) in [7, 11) is 0. The van der Waals surface area contributed by atoms with E-state index in [2.05, 4.69) is 47.4 Å². The highest BCUT2D eigenvalue weighted by Gasteiger charge is 2.36. The smallest absolute Gasteiger partial charge is 0.129 e. The van der Waals surface area contributed by atoms with Crippen LogP contribution in [0.1, 0.15) is 30.6 Å². The van der Waals surface area contributed by atoms with Gasteiger partial charge in [0.1, 0.15) is 5.76 Å². The van der Waals surface area contributed by atoms with Gasteiger partial charge in [0.15, 0.2) is 0 Å². The van der Waals surface area contributed by atoms with Gasteiger partial charge >= 0.3 is 0 Å². The van der Waals surface area contributed by atoms with E-state index >= 15 is 0 Å². The van der Waals surface area contributed by atoms with Crippen LogP contribution in [0.2, 0.25) is 0 Å². The van der Waals surface area contributed by atoms with Gasteiger partial charge < -0.3 is 4.42 Å². The predicted molar refractivity (Wildman–Crippen MR) is 80.1 cm³/mol. The number of hydrogen-bond acceptors (Lipinski definition) is 2. The first-order valence-electron chi connectivity index (χ1n) is 7.44. The van der Waals surface area contributed by atoms with Gasteiger partial charge in [-0.3, -0.25) is 4.90 Å². The van der Waals surface area contributed by atoms with Gasteiger partial charge in [-0.25, -0.2) is 0 Å². The molecule has 4 rings (SSSR count). The van der Waals surface area contributed by atoms with Gasteiger partial charge in [-0.1, -0.05) is 36.4 Å². The summed E-state index contributed by atoms with van der Waals surface area (Å²) in [4.78, 5) is 2.65. The Balaban J connectivity index is 1.57. The molecular formula is C18H19NO. The molecule has 0 spiro atoms. The molecule has 1 fully saturated rings. The molecule has 1 aromatic heterocycles. The van der Waals surface area contributed by atoms with Crippen molar-refractivity contribution in [2.75, 3.05) is 0 Å². The molecule has 2 nitrogen and oxygen atoms in total. The van der Waals surface area contributed by atoms with Gasteiger partial charge in [0.25, 0.3) is 0 Å². The Labute approximate surface area is 119 Å². The first-order chi connectivity index (χ1) is 9.90. The average molecular weight is 265 g/mol. The fourth-order valence-corrected chi connectivity index (χ4v) is 3.60. The number of fused-ring (bicyclic) bond motifs is 2. The summed E-state index contributed by atoms with van der Waals surface area (Å²) in [6.45, 7) is 1.07. The van der Waals surface area contributed by atoms with E-state index in [0.717, 1.165) is 18.7 Å². The van der Waals surface area contributed by atoms with Crippen molar-refractivity contribution in [3.8, 4) is 0 Å². The molecule has 2 heteroatoms. The van der Waals surface area contributed by atoms with Crippen LogP contribution in [0, 0.1) is 0 Å². The first kappa shape index (κ1) is 12.0. The van der Waals surface area contributed by atoms with E-state index in [4.69, 9.17) is 4.42 Å². The van der Waals surface area contributed by atoms with Crippen molar-refractivity contribution < 1.29 is 4.42 Å². The third kappa shape index (κ3) is 2.10. The van der Waals surface area contributed by atoms with Crippen molar-refractivity contribution in [2.24, 2.45) is 0 Å². The summed E-state index contributed by atoms with van der Waals surface area (Å²) in [6.07, 6.45) is 7.90. The molecule has 20 heavy (non-hydrogen) atoms. The number of nitrogens with zero attached hydrogens (tertiary/aromatic N) is 1. The van der Waals surface area contributed by atoms with Crippen LogP contribution in [0.25, 0.3) is 5.57 Å². The molecule has 0 N–H and O–H groups in total. The lowest BCUT2D eigenvalue weighted by molar-refractivity contribution is 0.202. The molecule has 0 amide bonds. The maximum atomic E-state index is 5.56. The molecule has 1 aromatic carbocycles. The molecule has 3 heterocycles. The van der Waals surface area contributed by atoms with Crippen molar-refractivity contribution in [1.29, 1.82) is 0 Å². The maximum absolute atomic E-state index is 5.56. The van der Waals surface area contributed by atoms with Crippen LogP contribution in [0.3, 0.4) is 0 Å². The summed E-state index contributed by atoms with van der Waals surface area (Å²) < 4.78 is 5.56. The molecule has 2 unspecified atom stereocenters. The minimum atomic E-state index is 0.578. The van der Waals surface area contributed by atoms with Gasteiger partial charge in [0, 0.05) is 18.6 Å². The fraction of sp³-hybridized carbons (Fsp3) is 0.333. The van der Waals surface area contributed by atoms with E-state index in [0.29, 0.717) is 12.1 Å². The average Bonchev–Trinajstić information content (AvgIpc) is 3.08. The molecule has 0 aliphatic carbocycles. The molecule has 2 bridgehead atoms. The summed E-state index contributed by atoms with van der Waals surface area (Å²) in [5.41, 5.74) is 2.81. The molecule has 0 saturated carbocycles. The molecule has 2 aliphatic rings. The minimum absolute atomic E-state index is 0.578. The van der Waals surface area contributed by atoms with Crippen LogP contribution in [0.4, 0.5) is 0 Å². The highest BCUT2D eigenvalue weighted by molar-refractivity contribution is 5.64. The zero-order valence-electron chi connectivity index (χ0n) is 11.5. The normalized spacial score (nSPS) is 25.7. The van der Waals surface area contributed by atoms with Crippen LogP contribution in [0.5, 0.6) is 0 Å². The number of furan rings is 1. The van der Waals surface area contributed by atoms with Crippen molar-refractivity contribution in [2.45, 2.75) is 37.9 Å². The maximum Gasteiger partial charge on any atom is 0.129 e. The second-order valence-electron chi connectivity index (χ2n) is 5.83. The van der Waals surface area contributed by atoms with Crippen molar-refractivity contribution in [3.63, 3.8) is 0 Å². The predicted octanol–water partition coefficient (Wildman–Crippen LogP) is 4.10. The Morgan fingerprint density at radius 3 is 2.70 bits per heavy atom. The molecule has 2 atom stereocenters. The van der Waals surface area contributed by atoms with Gasteiger partial charge in [-0.15, -0.1) is 0 Å². The second-order valence-corrected chi connectivity index (χ2v) is 5.83. The van der Waals surface area contributed by atoms with Crippen LogP contribution in [-0.2, 0) is 6.54 Å². The topological polar surface area (TPSA) is 16.4 Å². The van der Waals surface area contributed by atoms with E-state index in [1.165, 1.54) is 24.0 Å². The highest BCUT2D eigenvalue weighted by atomic mass is 16.3. The first-order valence-corrected chi connectivity index (χ1v) is 7.44.